The summed E-state index contributed by atoms with van der Waals surface area (Å²) in [6.45, 7) is 1.18. The van der Waals surface area contributed by atoms with E-state index in [1.54, 1.807) is 21.3 Å². The zero-order valence-corrected chi connectivity index (χ0v) is 13.7. The number of aliphatic imine (C=N–C) groups is 1. The number of methoxy groups -OCH3 is 2. The molecule has 122 valence electrons. The number of benzene rings is 1. The van der Waals surface area contributed by atoms with Crippen molar-refractivity contribution >= 4 is 5.96 Å². The highest BCUT2D eigenvalue weighted by atomic mass is 16.5. The van der Waals surface area contributed by atoms with Gasteiger partial charge < -0.3 is 20.1 Å². The molecule has 0 unspecified atom stereocenters. The Morgan fingerprint density at radius 1 is 1.00 bits per heavy atom. The third-order valence-electron chi connectivity index (χ3n) is 3.29. The van der Waals surface area contributed by atoms with Gasteiger partial charge in [-0.2, -0.15) is 0 Å². The van der Waals surface area contributed by atoms with E-state index in [-0.39, 0.29) is 0 Å². The number of aromatic nitrogens is 1. The molecule has 23 heavy (non-hydrogen) atoms. The Morgan fingerprint density at radius 3 is 2.52 bits per heavy atom. The van der Waals surface area contributed by atoms with E-state index in [1.165, 1.54) is 0 Å². The van der Waals surface area contributed by atoms with E-state index in [4.69, 9.17) is 9.47 Å². The van der Waals surface area contributed by atoms with E-state index in [2.05, 4.69) is 20.6 Å². The van der Waals surface area contributed by atoms with Gasteiger partial charge in [-0.25, -0.2) is 4.98 Å². The fourth-order valence-corrected chi connectivity index (χ4v) is 2.09. The van der Waals surface area contributed by atoms with Gasteiger partial charge in [0.2, 0.25) is 5.88 Å². The smallest absolute Gasteiger partial charge is 0.213 e. The van der Waals surface area contributed by atoms with Crippen molar-refractivity contribution < 1.29 is 9.47 Å². The lowest BCUT2D eigenvalue weighted by Gasteiger charge is -2.13. The minimum Gasteiger partial charge on any atom is -0.496 e. The van der Waals surface area contributed by atoms with Gasteiger partial charge in [0, 0.05) is 25.2 Å². The number of rotatable bonds is 6. The van der Waals surface area contributed by atoms with Crippen LogP contribution in [-0.2, 0) is 13.1 Å². The van der Waals surface area contributed by atoms with Crippen LogP contribution in [0.2, 0.25) is 0 Å². The fraction of sp³-hybridized carbons (Fsp3) is 0.294. The van der Waals surface area contributed by atoms with Crippen LogP contribution in [0.25, 0.3) is 0 Å². The third-order valence-corrected chi connectivity index (χ3v) is 3.29. The fourth-order valence-electron chi connectivity index (χ4n) is 2.09. The summed E-state index contributed by atoms with van der Waals surface area (Å²) < 4.78 is 10.5. The lowest BCUT2D eigenvalue weighted by molar-refractivity contribution is 0.396. The first-order valence-electron chi connectivity index (χ1n) is 7.33. The molecule has 2 rings (SSSR count). The molecule has 0 aliphatic carbocycles. The van der Waals surface area contributed by atoms with Crippen molar-refractivity contribution in [1.29, 1.82) is 0 Å². The monoisotopic (exact) mass is 314 g/mol. The van der Waals surface area contributed by atoms with Crippen LogP contribution < -0.4 is 20.1 Å². The van der Waals surface area contributed by atoms with Crippen molar-refractivity contribution in [1.82, 2.24) is 15.6 Å². The Morgan fingerprint density at radius 2 is 1.78 bits per heavy atom. The number of guanidine groups is 1. The average Bonchev–Trinajstić information content (AvgIpc) is 2.62. The lowest BCUT2D eigenvalue weighted by Crippen LogP contribution is -2.36. The second kappa shape index (κ2) is 8.63. The Balaban J connectivity index is 1.90. The largest absolute Gasteiger partial charge is 0.496 e. The second-order valence-corrected chi connectivity index (χ2v) is 4.76. The molecule has 0 aliphatic rings. The summed E-state index contributed by atoms with van der Waals surface area (Å²) in [5.41, 5.74) is 1.95. The molecule has 0 aliphatic heterocycles. The standard InChI is InChI=1S/C17H22N4O2/c1-18-17(19-11-13-7-4-5-9-15(13)22-2)20-12-14-8-6-10-16(21-14)23-3/h4-10H,11-12H2,1-3H3,(H2,18,19,20). The quantitative estimate of drug-likeness (QED) is 0.630. The zero-order chi connectivity index (χ0) is 16.5. The van der Waals surface area contributed by atoms with Crippen molar-refractivity contribution in [2.45, 2.75) is 13.1 Å². The van der Waals surface area contributed by atoms with Gasteiger partial charge in [-0.05, 0) is 12.1 Å². The average molecular weight is 314 g/mol. The second-order valence-electron chi connectivity index (χ2n) is 4.76. The maximum absolute atomic E-state index is 5.34. The SMILES string of the molecule is CN=C(NCc1cccc(OC)n1)NCc1ccccc1OC. The van der Waals surface area contributed by atoms with Crippen molar-refractivity contribution in [2.75, 3.05) is 21.3 Å². The Hall–Kier alpha value is -2.76. The summed E-state index contributed by atoms with van der Waals surface area (Å²) in [6, 6.07) is 13.5. The molecule has 0 saturated heterocycles. The van der Waals surface area contributed by atoms with Gasteiger partial charge in [0.15, 0.2) is 5.96 Å². The van der Waals surface area contributed by atoms with Crippen molar-refractivity contribution in [2.24, 2.45) is 4.99 Å². The molecule has 2 N–H and O–H groups in total. The van der Waals surface area contributed by atoms with Crippen molar-refractivity contribution in [3.63, 3.8) is 0 Å². The Kier molecular flexibility index (Phi) is 6.23. The first-order chi connectivity index (χ1) is 11.3. The molecule has 0 saturated carbocycles. The van der Waals surface area contributed by atoms with Crippen LogP contribution >= 0.6 is 0 Å². The molecule has 2 aromatic rings. The van der Waals surface area contributed by atoms with Crippen LogP contribution in [0.3, 0.4) is 0 Å². The number of hydrogen-bond acceptors (Lipinski definition) is 4. The maximum atomic E-state index is 5.34. The van der Waals surface area contributed by atoms with E-state index < -0.39 is 0 Å². The number of nitrogens with one attached hydrogen (secondary N) is 2. The van der Waals surface area contributed by atoms with Gasteiger partial charge in [0.25, 0.3) is 0 Å². The Bertz CT molecular complexity index is 659. The molecule has 0 bridgehead atoms. The summed E-state index contributed by atoms with van der Waals surface area (Å²) in [4.78, 5) is 8.57. The van der Waals surface area contributed by atoms with Crippen LogP contribution in [0.15, 0.2) is 47.5 Å². The predicted octanol–water partition coefficient (Wildman–Crippen LogP) is 1.96. The summed E-state index contributed by atoms with van der Waals surface area (Å²) >= 11 is 0. The third kappa shape index (κ3) is 4.88. The van der Waals surface area contributed by atoms with Crippen LogP contribution in [0, 0.1) is 0 Å². The van der Waals surface area contributed by atoms with Crippen LogP contribution in [0.1, 0.15) is 11.3 Å². The van der Waals surface area contributed by atoms with Crippen molar-refractivity contribution in [3.8, 4) is 11.6 Å². The minimum atomic E-state index is 0.558. The van der Waals surface area contributed by atoms with Crippen molar-refractivity contribution in [3.05, 3.63) is 53.7 Å². The van der Waals surface area contributed by atoms with E-state index in [0.29, 0.717) is 24.9 Å². The predicted molar refractivity (Wildman–Crippen MR) is 90.8 cm³/mol. The first kappa shape index (κ1) is 16.6. The van der Waals surface area contributed by atoms with Gasteiger partial charge in [0.1, 0.15) is 5.75 Å². The highest BCUT2D eigenvalue weighted by Crippen LogP contribution is 2.16. The molecule has 0 amide bonds. The molecule has 6 nitrogen and oxygen atoms in total. The molecule has 0 atom stereocenters. The van der Waals surface area contributed by atoms with E-state index in [0.717, 1.165) is 17.0 Å². The number of nitrogens with zero attached hydrogens (tertiary/aromatic N) is 2. The highest BCUT2D eigenvalue weighted by Gasteiger charge is 2.04. The summed E-state index contributed by atoms with van der Waals surface area (Å²) in [5, 5.41) is 6.48. The molecule has 0 radical (unpaired) electrons. The first-order valence-corrected chi connectivity index (χ1v) is 7.33. The molecule has 0 spiro atoms. The van der Waals surface area contributed by atoms with E-state index in [9.17, 15) is 0 Å². The molecular formula is C17H22N4O2. The Labute approximate surface area is 136 Å². The van der Waals surface area contributed by atoms with Crippen LogP contribution in [0.5, 0.6) is 11.6 Å². The molecule has 6 heteroatoms. The minimum absolute atomic E-state index is 0.558. The summed E-state index contributed by atoms with van der Waals surface area (Å²) in [5.74, 6) is 2.15. The maximum Gasteiger partial charge on any atom is 0.213 e. The van der Waals surface area contributed by atoms with Gasteiger partial charge in [-0.15, -0.1) is 0 Å². The lowest BCUT2D eigenvalue weighted by atomic mass is 10.2. The molecule has 1 aromatic carbocycles. The molecule has 1 heterocycles. The van der Waals surface area contributed by atoms with Gasteiger partial charge in [-0.3, -0.25) is 4.99 Å². The van der Waals surface area contributed by atoms with Crippen LogP contribution in [0.4, 0.5) is 0 Å². The van der Waals surface area contributed by atoms with Gasteiger partial charge in [0.05, 0.1) is 26.5 Å². The number of pyridine rings is 1. The topological polar surface area (TPSA) is 67.8 Å². The summed E-state index contributed by atoms with van der Waals surface area (Å²) in [7, 11) is 5.00. The zero-order valence-electron chi connectivity index (χ0n) is 13.7. The van der Waals surface area contributed by atoms with Crippen LogP contribution in [-0.4, -0.2) is 32.2 Å². The molecular weight excluding hydrogens is 292 g/mol. The summed E-state index contributed by atoms with van der Waals surface area (Å²) in [6.07, 6.45) is 0. The number of hydrogen-bond donors (Lipinski definition) is 2. The van der Waals surface area contributed by atoms with E-state index >= 15 is 0 Å². The highest BCUT2D eigenvalue weighted by molar-refractivity contribution is 5.79. The normalized spacial score (nSPS) is 11.0. The molecule has 0 fully saturated rings. The van der Waals surface area contributed by atoms with Gasteiger partial charge >= 0.3 is 0 Å². The molecule has 1 aromatic heterocycles. The number of ether oxygens (including phenoxy) is 2. The van der Waals surface area contributed by atoms with Gasteiger partial charge in [-0.1, -0.05) is 24.3 Å². The van der Waals surface area contributed by atoms with E-state index in [1.807, 2.05) is 42.5 Å². The number of para-hydroxylation sites is 1.